The first kappa shape index (κ1) is 23.5. The molecule has 0 radical (unpaired) electrons. The lowest BCUT2D eigenvalue weighted by Crippen LogP contribution is -2.26. The second-order valence-corrected chi connectivity index (χ2v) is 7.12. The molecule has 0 saturated heterocycles. The number of esters is 4. The van der Waals surface area contributed by atoms with Gasteiger partial charge in [-0.05, 0) is 12.1 Å². The minimum Gasteiger partial charge on any atom is -0.477 e. The van der Waals surface area contributed by atoms with Gasteiger partial charge in [-0.2, -0.15) is 0 Å². The van der Waals surface area contributed by atoms with Gasteiger partial charge in [0.1, 0.15) is 17.2 Å². The lowest BCUT2D eigenvalue weighted by Gasteiger charge is -2.27. The summed E-state index contributed by atoms with van der Waals surface area (Å²) in [4.78, 5) is 58.6. The van der Waals surface area contributed by atoms with E-state index >= 15 is 0 Å². The van der Waals surface area contributed by atoms with E-state index in [2.05, 4.69) is 0 Å². The predicted octanol–water partition coefficient (Wildman–Crippen LogP) is 2.63. The van der Waals surface area contributed by atoms with E-state index in [9.17, 15) is 24.0 Å². The first-order valence-electron chi connectivity index (χ1n) is 9.77. The van der Waals surface area contributed by atoms with Crippen molar-refractivity contribution in [1.82, 2.24) is 0 Å². The van der Waals surface area contributed by atoms with Crippen molar-refractivity contribution in [3.8, 4) is 28.7 Å². The fourth-order valence-corrected chi connectivity index (χ4v) is 3.22. The highest BCUT2D eigenvalue weighted by Gasteiger charge is 2.33. The first-order valence-corrected chi connectivity index (χ1v) is 9.77. The standard InChI is InChI=1S/C23H20O10/c1-11(24)29-16-8-20(31-13(3)26)17-10-18(28)23(33-21(17)9-16)15-5-6-19(30-12(2)25)22(7-15)32-14(4)27/h5-9,23H,10H2,1-4H3. The molecular weight excluding hydrogens is 436 g/mol. The molecule has 0 N–H and O–H groups in total. The molecule has 3 rings (SSSR count). The number of carbonyl (C=O) groups is 5. The molecule has 1 heterocycles. The van der Waals surface area contributed by atoms with Gasteiger partial charge >= 0.3 is 23.9 Å². The zero-order chi connectivity index (χ0) is 24.3. The van der Waals surface area contributed by atoms with Crippen molar-refractivity contribution < 1.29 is 47.7 Å². The largest absolute Gasteiger partial charge is 0.477 e. The second-order valence-electron chi connectivity index (χ2n) is 7.12. The Balaban J connectivity index is 2.02. The van der Waals surface area contributed by atoms with Gasteiger partial charge in [0.05, 0.1) is 0 Å². The van der Waals surface area contributed by atoms with E-state index in [-0.39, 0.29) is 41.0 Å². The molecular formula is C23H20O10. The molecule has 1 aliphatic heterocycles. The molecule has 10 heteroatoms. The molecule has 0 aliphatic carbocycles. The SMILES string of the molecule is CC(=O)Oc1cc(OC(C)=O)c2c(c1)OC(c1ccc(OC(C)=O)c(OC(C)=O)c1)C(=O)C2. The first-order chi connectivity index (χ1) is 15.5. The summed E-state index contributed by atoms with van der Waals surface area (Å²) in [6.45, 7) is 4.77. The van der Waals surface area contributed by atoms with Crippen LogP contribution in [0.25, 0.3) is 0 Å². The number of ketones is 1. The minimum absolute atomic E-state index is 0.000558. The van der Waals surface area contributed by atoms with Gasteiger partial charge in [0, 0.05) is 57.4 Å². The molecule has 10 nitrogen and oxygen atoms in total. The topological polar surface area (TPSA) is 132 Å². The Kier molecular flexibility index (Phi) is 6.76. The summed E-state index contributed by atoms with van der Waals surface area (Å²) in [6.07, 6.45) is -1.26. The number of benzene rings is 2. The maximum Gasteiger partial charge on any atom is 0.308 e. The van der Waals surface area contributed by atoms with Gasteiger partial charge in [0.15, 0.2) is 23.4 Å². The molecule has 0 saturated carbocycles. The van der Waals surface area contributed by atoms with Crippen molar-refractivity contribution in [2.75, 3.05) is 0 Å². The molecule has 1 atom stereocenters. The molecule has 0 spiro atoms. The minimum atomic E-state index is -1.11. The van der Waals surface area contributed by atoms with Crippen LogP contribution in [0.15, 0.2) is 30.3 Å². The highest BCUT2D eigenvalue weighted by atomic mass is 16.6. The number of carbonyl (C=O) groups excluding carboxylic acids is 5. The van der Waals surface area contributed by atoms with Crippen LogP contribution < -0.4 is 23.7 Å². The Hall–Kier alpha value is -4.21. The maximum atomic E-state index is 12.9. The summed E-state index contributed by atoms with van der Waals surface area (Å²) in [5.74, 6) is -2.66. The summed E-state index contributed by atoms with van der Waals surface area (Å²) in [5.41, 5.74) is 0.642. The molecule has 0 aromatic heterocycles. The Bertz CT molecular complexity index is 1160. The van der Waals surface area contributed by atoms with Crippen LogP contribution in [-0.4, -0.2) is 29.7 Å². The Morgan fingerprint density at radius 3 is 1.94 bits per heavy atom. The Morgan fingerprint density at radius 2 is 1.33 bits per heavy atom. The number of hydrogen-bond acceptors (Lipinski definition) is 10. The van der Waals surface area contributed by atoms with Crippen LogP contribution in [0.3, 0.4) is 0 Å². The van der Waals surface area contributed by atoms with E-state index in [1.54, 1.807) is 0 Å². The number of ether oxygens (including phenoxy) is 5. The molecule has 172 valence electrons. The predicted molar refractivity (Wildman–Crippen MR) is 110 cm³/mol. The summed E-state index contributed by atoms with van der Waals surface area (Å²) >= 11 is 0. The lowest BCUT2D eigenvalue weighted by molar-refractivity contribution is -0.134. The fraction of sp³-hybridized carbons (Fsp3) is 0.261. The van der Waals surface area contributed by atoms with Crippen LogP contribution in [0.2, 0.25) is 0 Å². The van der Waals surface area contributed by atoms with E-state index in [4.69, 9.17) is 23.7 Å². The van der Waals surface area contributed by atoms with Gasteiger partial charge in [0.2, 0.25) is 0 Å². The van der Waals surface area contributed by atoms with Crippen LogP contribution in [0.5, 0.6) is 28.7 Å². The summed E-state index contributed by atoms with van der Waals surface area (Å²) < 4.78 is 26.3. The zero-order valence-corrected chi connectivity index (χ0v) is 18.3. The van der Waals surface area contributed by atoms with Crippen LogP contribution in [0.1, 0.15) is 44.9 Å². The number of fused-ring (bicyclic) bond motifs is 1. The normalized spacial score (nSPS) is 14.4. The van der Waals surface area contributed by atoms with E-state index in [1.807, 2.05) is 0 Å². The highest BCUT2D eigenvalue weighted by Crippen LogP contribution is 2.42. The monoisotopic (exact) mass is 456 g/mol. The van der Waals surface area contributed by atoms with Gasteiger partial charge in [-0.3, -0.25) is 24.0 Å². The van der Waals surface area contributed by atoms with E-state index in [0.717, 1.165) is 0 Å². The fourth-order valence-electron chi connectivity index (χ4n) is 3.22. The third-order valence-electron chi connectivity index (χ3n) is 4.32. The molecule has 1 aliphatic rings. The second kappa shape index (κ2) is 9.51. The molecule has 2 aromatic rings. The quantitative estimate of drug-likeness (QED) is 0.488. The Labute approximate surface area is 188 Å². The molecule has 2 aromatic carbocycles. The van der Waals surface area contributed by atoms with E-state index in [1.165, 1.54) is 58.0 Å². The van der Waals surface area contributed by atoms with Crippen molar-refractivity contribution in [3.63, 3.8) is 0 Å². The van der Waals surface area contributed by atoms with Crippen molar-refractivity contribution in [2.24, 2.45) is 0 Å². The third kappa shape index (κ3) is 5.73. The molecule has 0 amide bonds. The van der Waals surface area contributed by atoms with Crippen LogP contribution in [0, 0.1) is 0 Å². The van der Waals surface area contributed by atoms with Crippen LogP contribution in [0.4, 0.5) is 0 Å². The third-order valence-corrected chi connectivity index (χ3v) is 4.32. The summed E-state index contributed by atoms with van der Waals surface area (Å²) in [5, 5.41) is 0. The van der Waals surface area contributed by atoms with Gasteiger partial charge in [-0.1, -0.05) is 6.07 Å². The zero-order valence-electron chi connectivity index (χ0n) is 18.3. The lowest BCUT2D eigenvalue weighted by atomic mass is 9.95. The van der Waals surface area contributed by atoms with E-state index in [0.29, 0.717) is 11.1 Å². The Morgan fingerprint density at radius 1 is 0.758 bits per heavy atom. The average Bonchev–Trinajstić information content (AvgIpc) is 2.68. The van der Waals surface area contributed by atoms with Gasteiger partial charge in [0.25, 0.3) is 0 Å². The summed E-state index contributed by atoms with van der Waals surface area (Å²) in [7, 11) is 0. The maximum absolute atomic E-state index is 12.9. The van der Waals surface area contributed by atoms with Crippen molar-refractivity contribution in [1.29, 1.82) is 0 Å². The molecule has 1 unspecified atom stereocenters. The van der Waals surface area contributed by atoms with Gasteiger partial charge in [-0.15, -0.1) is 0 Å². The van der Waals surface area contributed by atoms with Gasteiger partial charge < -0.3 is 23.7 Å². The molecule has 0 bridgehead atoms. The van der Waals surface area contributed by atoms with Crippen LogP contribution >= 0.6 is 0 Å². The smallest absolute Gasteiger partial charge is 0.308 e. The summed E-state index contributed by atoms with van der Waals surface area (Å²) in [6, 6.07) is 6.95. The number of rotatable bonds is 5. The van der Waals surface area contributed by atoms with Crippen molar-refractivity contribution >= 4 is 29.7 Å². The highest BCUT2D eigenvalue weighted by molar-refractivity contribution is 5.90. The molecule has 33 heavy (non-hydrogen) atoms. The average molecular weight is 456 g/mol. The number of Topliss-reactive ketones (excluding diaryl/α,β-unsaturated/α-hetero) is 1. The van der Waals surface area contributed by atoms with Crippen molar-refractivity contribution in [2.45, 2.75) is 40.2 Å². The van der Waals surface area contributed by atoms with Crippen LogP contribution in [-0.2, 0) is 30.4 Å². The van der Waals surface area contributed by atoms with E-state index < -0.39 is 30.0 Å². The van der Waals surface area contributed by atoms with Crippen molar-refractivity contribution in [3.05, 3.63) is 41.5 Å². The van der Waals surface area contributed by atoms with Gasteiger partial charge in [-0.25, -0.2) is 0 Å². The molecule has 0 fully saturated rings. The number of hydrogen-bond donors (Lipinski definition) is 0.